The number of sulfonamides is 1. The number of pyridine rings is 1. The predicted molar refractivity (Wildman–Crippen MR) is 122 cm³/mol. The molecule has 1 amide bonds. The fraction of sp³-hybridized carbons (Fsp3) is 0.318. The summed E-state index contributed by atoms with van der Waals surface area (Å²) in [5.74, 6) is 0.294. The first kappa shape index (κ1) is 22.4. The molecular weight excluding hydrogens is 448 g/mol. The molecule has 2 heterocycles. The van der Waals surface area contributed by atoms with Crippen LogP contribution in [-0.2, 0) is 16.6 Å². The minimum Gasteiger partial charge on any atom is -0.497 e. The van der Waals surface area contributed by atoms with Gasteiger partial charge in [0.25, 0.3) is 5.91 Å². The lowest BCUT2D eigenvalue weighted by molar-refractivity contribution is 0.102. The quantitative estimate of drug-likeness (QED) is 0.533. The summed E-state index contributed by atoms with van der Waals surface area (Å²) < 4.78 is 33.6. The average Bonchev–Trinajstić information content (AvgIpc) is 3.50. The van der Waals surface area contributed by atoms with Crippen molar-refractivity contribution in [2.75, 3.05) is 12.4 Å². The maximum atomic E-state index is 13.5. The molecule has 0 saturated heterocycles. The molecule has 1 saturated carbocycles. The molecule has 4 rings (SSSR count). The first-order valence-electron chi connectivity index (χ1n) is 10.3. The van der Waals surface area contributed by atoms with E-state index in [-0.39, 0.29) is 23.4 Å². The molecule has 168 valence electrons. The number of hydrogen-bond acceptors (Lipinski definition) is 7. The lowest BCUT2D eigenvalue weighted by Crippen LogP contribution is -2.38. The molecular formula is C22H24N4O4S2. The van der Waals surface area contributed by atoms with Crippen LogP contribution >= 0.6 is 11.3 Å². The van der Waals surface area contributed by atoms with Crippen LogP contribution in [0.4, 0.5) is 5.13 Å². The number of nitrogens with zero attached hydrogens (tertiary/aromatic N) is 3. The highest BCUT2D eigenvalue weighted by Crippen LogP contribution is 2.31. The summed E-state index contributed by atoms with van der Waals surface area (Å²) in [6.45, 7) is 0.151. The van der Waals surface area contributed by atoms with Gasteiger partial charge in [0.15, 0.2) is 5.13 Å². The molecule has 0 bridgehead atoms. The molecule has 1 N–H and O–H groups in total. The Balaban J connectivity index is 1.54. The average molecular weight is 473 g/mol. The molecule has 32 heavy (non-hydrogen) atoms. The number of nitrogens with one attached hydrogen (secondary N) is 1. The number of thiazole rings is 1. The Morgan fingerprint density at radius 2 is 1.97 bits per heavy atom. The summed E-state index contributed by atoms with van der Waals surface area (Å²) in [7, 11) is -2.17. The maximum absolute atomic E-state index is 13.5. The van der Waals surface area contributed by atoms with E-state index in [1.165, 1.54) is 17.5 Å². The Bertz CT molecular complexity index is 1160. The standard InChI is InChI=1S/C22H24N4O4S2/c1-30-19-8-10-20(11-9-19)32(28,29)26(18-6-2-3-7-18)14-17-15-31-22(24-17)25-21(27)16-5-4-12-23-13-16/h4-5,8-13,15,18H,2-3,6-7,14H2,1H3,(H,24,25,27). The summed E-state index contributed by atoms with van der Waals surface area (Å²) in [4.78, 5) is 21.0. The Hall–Kier alpha value is -2.82. The summed E-state index contributed by atoms with van der Waals surface area (Å²) in [6, 6.07) is 9.71. The zero-order valence-electron chi connectivity index (χ0n) is 17.6. The SMILES string of the molecule is COc1ccc(S(=O)(=O)N(Cc2csc(NC(=O)c3cccnc3)n2)C2CCCC2)cc1. The van der Waals surface area contributed by atoms with Crippen molar-refractivity contribution in [2.24, 2.45) is 0 Å². The monoisotopic (exact) mass is 472 g/mol. The van der Waals surface area contributed by atoms with Crippen LogP contribution in [0.15, 0.2) is 59.1 Å². The van der Waals surface area contributed by atoms with Gasteiger partial charge in [0.2, 0.25) is 10.0 Å². The third-order valence-corrected chi connectivity index (χ3v) is 8.13. The topological polar surface area (TPSA) is 101 Å². The van der Waals surface area contributed by atoms with Crippen molar-refractivity contribution in [1.29, 1.82) is 0 Å². The Kier molecular flexibility index (Phi) is 6.83. The fourth-order valence-corrected chi connectivity index (χ4v) is 6.10. The van der Waals surface area contributed by atoms with Gasteiger partial charge in [-0.05, 0) is 49.2 Å². The van der Waals surface area contributed by atoms with E-state index in [0.29, 0.717) is 22.1 Å². The second kappa shape index (κ2) is 9.76. The first-order valence-corrected chi connectivity index (χ1v) is 12.6. The number of carbonyl (C=O) groups excluding carboxylic acids is 1. The lowest BCUT2D eigenvalue weighted by Gasteiger charge is -2.27. The highest BCUT2D eigenvalue weighted by atomic mass is 32.2. The highest BCUT2D eigenvalue weighted by Gasteiger charge is 2.34. The van der Waals surface area contributed by atoms with Gasteiger partial charge in [-0.2, -0.15) is 4.31 Å². The second-order valence-corrected chi connectivity index (χ2v) is 10.3. The van der Waals surface area contributed by atoms with Gasteiger partial charge < -0.3 is 4.74 Å². The van der Waals surface area contributed by atoms with E-state index < -0.39 is 10.0 Å². The fourth-order valence-electron chi connectivity index (χ4n) is 3.75. The van der Waals surface area contributed by atoms with E-state index in [1.807, 2.05) is 0 Å². The summed E-state index contributed by atoms with van der Waals surface area (Å²) in [5, 5.41) is 4.95. The molecule has 3 aromatic rings. The van der Waals surface area contributed by atoms with Gasteiger partial charge >= 0.3 is 0 Å². The van der Waals surface area contributed by atoms with Crippen LogP contribution in [0.25, 0.3) is 0 Å². The van der Waals surface area contributed by atoms with Crippen molar-refractivity contribution in [3.8, 4) is 5.75 Å². The van der Waals surface area contributed by atoms with E-state index in [4.69, 9.17) is 4.74 Å². The predicted octanol–water partition coefficient (Wildman–Crippen LogP) is 3.93. The van der Waals surface area contributed by atoms with Crippen LogP contribution in [0, 0.1) is 0 Å². The van der Waals surface area contributed by atoms with Gasteiger partial charge in [-0.25, -0.2) is 13.4 Å². The van der Waals surface area contributed by atoms with Gasteiger partial charge in [0.1, 0.15) is 5.75 Å². The Morgan fingerprint density at radius 1 is 1.22 bits per heavy atom. The van der Waals surface area contributed by atoms with Gasteiger partial charge in [0, 0.05) is 23.8 Å². The van der Waals surface area contributed by atoms with Crippen molar-refractivity contribution in [2.45, 2.75) is 43.2 Å². The van der Waals surface area contributed by atoms with E-state index in [0.717, 1.165) is 25.7 Å². The number of rotatable bonds is 8. The van der Waals surface area contributed by atoms with Crippen molar-refractivity contribution >= 4 is 32.4 Å². The van der Waals surface area contributed by atoms with Gasteiger partial charge in [0.05, 0.1) is 29.8 Å². The zero-order chi connectivity index (χ0) is 22.6. The molecule has 1 fully saturated rings. The summed E-state index contributed by atoms with van der Waals surface area (Å²) in [6.07, 6.45) is 6.73. The molecule has 1 aliphatic rings. The number of ether oxygens (including phenoxy) is 1. The third-order valence-electron chi connectivity index (χ3n) is 5.41. The van der Waals surface area contributed by atoms with Crippen molar-refractivity contribution in [3.05, 3.63) is 65.4 Å². The largest absolute Gasteiger partial charge is 0.497 e. The normalized spacial score (nSPS) is 14.6. The third kappa shape index (κ3) is 4.98. The number of methoxy groups -OCH3 is 1. The molecule has 8 nitrogen and oxygen atoms in total. The number of hydrogen-bond donors (Lipinski definition) is 1. The van der Waals surface area contributed by atoms with Crippen LogP contribution in [0.5, 0.6) is 5.75 Å². The Labute approximate surface area is 191 Å². The molecule has 2 aromatic heterocycles. The van der Waals surface area contributed by atoms with Crippen LogP contribution in [-0.4, -0.2) is 41.7 Å². The van der Waals surface area contributed by atoms with Gasteiger partial charge in [-0.15, -0.1) is 11.3 Å². The van der Waals surface area contributed by atoms with Crippen molar-refractivity contribution < 1.29 is 17.9 Å². The molecule has 0 aliphatic heterocycles. The number of amides is 1. The Morgan fingerprint density at radius 3 is 2.62 bits per heavy atom. The number of benzene rings is 1. The molecule has 1 aliphatic carbocycles. The first-order chi connectivity index (χ1) is 15.5. The number of aromatic nitrogens is 2. The van der Waals surface area contributed by atoms with Gasteiger partial charge in [-0.3, -0.25) is 15.1 Å². The number of anilines is 1. The van der Waals surface area contributed by atoms with Gasteiger partial charge in [-0.1, -0.05) is 12.8 Å². The van der Waals surface area contributed by atoms with Crippen LogP contribution in [0.3, 0.4) is 0 Å². The molecule has 0 atom stereocenters. The van der Waals surface area contributed by atoms with E-state index in [1.54, 1.807) is 59.4 Å². The highest BCUT2D eigenvalue weighted by molar-refractivity contribution is 7.89. The summed E-state index contributed by atoms with van der Waals surface area (Å²) in [5.41, 5.74) is 1.03. The molecule has 0 spiro atoms. The van der Waals surface area contributed by atoms with E-state index >= 15 is 0 Å². The second-order valence-electron chi connectivity index (χ2n) is 7.50. The van der Waals surface area contributed by atoms with Crippen molar-refractivity contribution in [3.63, 3.8) is 0 Å². The molecule has 10 heteroatoms. The minimum atomic E-state index is -3.72. The smallest absolute Gasteiger partial charge is 0.259 e. The maximum Gasteiger partial charge on any atom is 0.259 e. The number of carbonyl (C=O) groups is 1. The van der Waals surface area contributed by atoms with Crippen LogP contribution in [0.2, 0.25) is 0 Å². The summed E-state index contributed by atoms with van der Waals surface area (Å²) >= 11 is 1.27. The molecule has 0 unspecified atom stereocenters. The van der Waals surface area contributed by atoms with E-state index in [2.05, 4.69) is 15.3 Å². The van der Waals surface area contributed by atoms with Crippen LogP contribution in [0.1, 0.15) is 41.7 Å². The zero-order valence-corrected chi connectivity index (χ0v) is 19.2. The van der Waals surface area contributed by atoms with Crippen LogP contribution < -0.4 is 10.1 Å². The van der Waals surface area contributed by atoms with E-state index in [9.17, 15) is 13.2 Å². The molecule has 1 aromatic carbocycles. The van der Waals surface area contributed by atoms with Crippen molar-refractivity contribution in [1.82, 2.24) is 14.3 Å². The minimum absolute atomic E-state index is 0.0720. The lowest BCUT2D eigenvalue weighted by atomic mass is 10.2. The molecule has 0 radical (unpaired) electrons.